The molecule has 2 aliphatic heterocycles. The average molecular weight is 475 g/mol. The average Bonchev–Trinajstić information content (AvgIpc) is 3.49. The minimum atomic E-state index is -3.68. The van der Waals surface area contributed by atoms with Gasteiger partial charge in [-0.3, -0.25) is 14.4 Å². The molecule has 0 spiro atoms. The van der Waals surface area contributed by atoms with Gasteiger partial charge in [-0.25, -0.2) is 8.42 Å². The van der Waals surface area contributed by atoms with Crippen molar-refractivity contribution in [1.29, 1.82) is 0 Å². The molecule has 1 aromatic heterocycles. The van der Waals surface area contributed by atoms with Gasteiger partial charge in [-0.15, -0.1) is 0 Å². The standard InChI is InChI=1S/C23H30N4O5S/c1-2-25-16-19(23(30)24-10-6-12-26-11-5-7-21(26)28)22(29)18-15-17(8-9-20(18)25)33(31,32)27-13-3-4-14-27/h8-9,15-16H,2-7,10-14H2,1H3,(H,24,30). The van der Waals surface area contributed by atoms with Crippen LogP contribution in [0.1, 0.15) is 49.4 Å². The van der Waals surface area contributed by atoms with E-state index in [1.807, 2.05) is 6.92 Å². The summed E-state index contributed by atoms with van der Waals surface area (Å²) in [5, 5.41) is 2.98. The third-order valence-electron chi connectivity index (χ3n) is 6.40. The van der Waals surface area contributed by atoms with E-state index in [-0.39, 0.29) is 21.8 Å². The number of benzene rings is 1. The van der Waals surface area contributed by atoms with Crippen molar-refractivity contribution in [3.63, 3.8) is 0 Å². The van der Waals surface area contributed by atoms with E-state index in [2.05, 4.69) is 5.32 Å². The van der Waals surface area contributed by atoms with Crippen LogP contribution >= 0.6 is 0 Å². The highest BCUT2D eigenvalue weighted by Gasteiger charge is 2.28. The Bertz CT molecular complexity index is 1230. The van der Waals surface area contributed by atoms with E-state index in [1.54, 1.807) is 15.5 Å². The third kappa shape index (κ3) is 4.67. The summed E-state index contributed by atoms with van der Waals surface area (Å²) in [7, 11) is -3.68. The molecule has 2 aliphatic rings. The number of aromatic nitrogens is 1. The number of hydrogen-bond acceptors (Lipinski definition) is 5. The first kappa shape index (κ1) is 23.4. The molecule has 2 amide bonds. The maximum atomic E-state index is 13.2. The summed E-state index contributed by atoms with van der Waals surface area (Å²) < 4.78 is 29.2. The smallest absolute Gasteiger partial charge is 0.256 e. The lowest BCUT2D eigenvalue weighted by Gasteiger charge is -2.17. The summed E-state index contributed by atoms with van der Waals surface area (Å²) in [5.74, 6) is -0.356. The topological polar surface area (TPSA) is 109 Å². The third-order valence-corrected chi connectivity index (χ3v) is 8.30. The number of amides is 2. The fourth-order valence-electron chi connectivity index (χ4n) is 4.55. The van der Waals surface area contributed by atoms with Gasteiger partial charge in [0.25, 0.3) is 5.91 Å². The minimum Gasteiger partial charge on any atom is -0.352 e. The predicted molar refractivity (Wildman–Crippen MR) is 125 cm³/mol. The fraction of sp³-hybridized carbons (Fsp3) is 0.522. The van der Waals surface area contributed by atoms with Crippen molar-refractivity contribution in [3.8, 4) is 0 Å². The maximum Gasteiger partial charge on any atom is 0.256 e. The van der Waals surface area contributed by atoms with Gasteiger partial charge in [-0.2, -0.15) is 4.31 Å². The summed E-state index contributed by atoms with van der Waals surface area (Å²) >= 11 is 0. The molecule has 1 N–H and O–H groups in total. The second-order valence-electron chi connectivity index (χ2n) is 8.54. The number of rotatable bonds is 8. The Hall–Kier alpha value is -2.72. The lowest BCUT2D eigenvalue weighted by Crippen LogP contribution is -2.33. The highest BCUT2D eigenvalue weighted by Crippen LogP contribution is 2.24. The number of carbonyl (C=O) groups excluding carboxylic acids is 2. The number of fused-ring (bicyclic) bond motifs is 1. The van der Waals surface area contributed by atoms with Crippen LogP contribution in [-0.4, -0.2) is 66.7 Å². The molecule has 2 saturated heterocycles. The van der Waals surface area contributed by atoms with Crippen LogP contribution in [0.2, 0.25) is 0 Å². The highest BCUT2D eigenvalue weighted by atomic mass is 32.2. The second-order valence-corrected chi connectivity index (χ2v) is 10.5. The lowest BCUT2D eigenvalue weighted by atomic mass is 10.1. The molecule has 0 saturated carbocycles. The van der Waals surface area contributed by atoms with E-state index in [0.29, 0.717) is 51.1 Å². The highest BCUT2D eigenvalue weighted by molar-refractivity contribution is 7.89. The van der Waals surface area contributed by atoms with Crippen molar-refractivity contribution in [2.45, 2.75) is 50.5 Å². The number of aryl methyl sites for hydroxylation is 1. The van der Waals surface area contributed by atoms with Gasteiger partial charge in [-0.1, -0.05) is 0 Å². The van der Waals surface area contributed by atoms with Crippen LogP contribution in [0.4, 0.5) is 0 Å². The van der Waals surface area contributed by atoms with E-state index in [9.17, 15) is 22.8 Å². The van der Waals surface area contributed by atoms with Crippen LogP contribution < -0.4 is 10.7 Å². The molecule has 0 unspecified atom stereocenters. The largest absolute Gasteiger partial charge is 0.352 e. The predicted octanol–water partition coefficient (Wildman–Crippen LogP) is 1.55. The van der Waals surface area contributed by atoms with Crippen molar-refractivity contribution in [2.24, 2.45) is 0 Å². The number of sulfonamides is 1. The van der Waals surface area contributed by atoms with Gasteiger partial charge in [0.15, 0.2) is 0 Å². The zero-order chi connectivity index (χ0) is 23.6. The Morgan fingerprint density at radius 2 is 1.85 bits per heavy atom. The quantitative estimate of drug-likeness (QED) is 0.584. The molecule has 0 radical (unpaired) electrons. The van der Waals surface area contributed by atoms with E-state index in [4.69, 9.17) is 0 Å². The van der Waals surface area contributed by atoms with Gasteiger partial charge >= 0.3 is 0 Å². The van der Waals surface area contributed by atoms with Gasteiger partial charge in [-0.05, 0) is 50.8 Å². The fourth-order valence-corrected chi connectivity index (χ4v) is 6.09. The number of nitrogens with one attached hydrogen (secondary N) is 1. The summed E-state index contributed by atoms with van der Waals surface area (Å²) in [6.07, 6.45) is 5.23. The van der Waals surface area contributed by atoms with E-state index in [0.717, 1.165) is 25.8 Å². The first-order chi connectivity index (χ1) is 15.8. The van der Waals surface area contributed by atoms with Gasteiger partial charge in [0.05, 0.1) is 10.4 Å². The molecule has 0 atom stereocenters. The van der Waals surface area contributed by atoms with Crippen LogP contribution in [0.25, 0.3) is 10.9 Å². The number of nitrogens with zero attached hydrogens (tertiary/aromatic N) is 3. The van der Waals surface area contributed by atoms with Crippen LogP contribution in [-0.2, 0) is 21.4 Å². The molecule has 3 heterocycles. The molecule has 0 bridgehead atoms. The van der Waals surface area contributed by atoms with Crippen molar-refractivity contribution < 1.29 is 18.0 Å². The van der Waals surface area contributed by atoms with Crippen molar-refractivity contribution >= 4 is 32.7 Å². The molecule has 178 valence electrons. The van der Waals surface area contributed by atoms with E-state index >= 15 is 0 Å². The number of pyridine rings is 1. The first-order valence-corrected chi connectivity index (χ1v) is 13.0. The Morgan fingerprint density at radius 3 is 2.52 bits per heavy atom. The summed E-state index contributed by atoms with van der Waals surface area (Å²) in [6.45, 7) is 5.04. The zero-order valence-corrected chi connectivity index (χ0v) is 19.7. The van der Waals surface area contributed by atoms with Gasteiger partial charge in [0, 0.05) is 57.3 Å². The molecule has 9 nitrogen and oxygen atoms in total. The van der Waals surface area contributed by atoms with Gasteiger partial charge in [0.2, 0.25) is 21.4 Å². The monoisotopic (exact) mass is 474 g/mol. The second kappa shape index (κ2) is 9.64. The van der Waals surface area contributed by atoms with Gasteiger partial charge in [0.1, 0.15) is 5.56 Å². The maximum absolute atomic E-state index is 13.2. The van der Waals surface area contributed by atoms with Crippen LogP contribution in [0.15, 0.2) is 34.1 Å². The molecule has 2 aromatic rings. The summed E-state index contributed by atoms with van der Waals surface area (Å²) in [6, 6.07) is 4.56. The number of hydrogen-bond donors (Lipinski definition) is 1. The molecule has 1 aromatic carbocycles. The van der Waals surface area contributed by atoms with E-state index in [1.165, 1.54) is 22.6 Å². The Morgan fingerprint density at radius 1 is 1.09 bits per heavy atom. The Kier molecular flexibility index (Phi) is 6.85. The molecule has 4 rings (SSSR count). The lowest BCUT2D eigenvalue weighted by molar-refractivity contribution is -0.127. The van der Waals surface area contributed by atoms with Crippen molar-refractivity contribution in [2.75, 3.05) is 32.7 Å². The SMILES string of the molecule is CCn1cc(C(=O)NCCCN2CCCC2=O)c(=O)c2cc(S(=O)(=O)N3CCCC3)ccc21. The molecule has 2 fully saturated rings. The number of carbonyl (C=O) groups is 2. The molecule has 33 heavy (non-hydrogen) atoms. The summed E-state index contributed by atoms with van der Waals surface area (Å²) in [5.41, 5.74) is 0.0877. The van der Waals surface area contributed by atoms with Crippen LogP contribution in [0, 0.1) is 0 Å². The molecule has 10 heteroatoms. The Balaban J connectivity index is 1.57. The first-order valence-electron chi connectivity index (χ1n) is 11.6. The minimum absolute atomic E-state index is 0.0164. The number of likely N-dealkylation sites (tertiary alicyclic amines) is 1. The Labute approximate surface area is 193 Å². The molecular weight excluding hydrogens is 444 g/mol. The molecular formula is C23H30N4O5S. The van der Waals surface area contributed by atoms with E-state index < -0.39 is 21.4 Å². The van der Waals surface area contributed by atoms with Crippen molar-refractivity contribution in [3.05, 3.63) is 40.2 Å². The van der Waals surface area contributed by atoms with Crippen LogP contribution in [0.3, 0.4) is 0 Å². The summed E-state index contributed by atoms with van der Waals surface area (Å²) in [4.78, 5) is 39.5. The normalized spacial score (nSPS) is 17.2. The molecule has 0 aliphatic carbocycles. The van der Waals surface area contributed by atoms with Crippen molar-refractivity contribution in [1.82, 2.24) is 19.1 Å². The van der Waals surface area contributed by atoms with Crippen LogP contribution in [0.5, 0.6) is 0 Å². The van der Waals surface area contributed by atoms with Gasteiger partial charge < -0.3 is 14.8 Å². The zero-order valence-electron chi connectivity index (χ0n) is 18.9.